The van der Waals surface area contributed by atoms with E-state index in [1.165, 1.54) is 6.07 Å². The second kappa shape index (κ2) is 8.97. The molecule has 1 heterocycles. The molecule has 0 aromatic heterocycles. The van der Waals surface area contributed by atoms with Crippen LogP contribution < -0.4 is 0 Å². The summed E-state index contributed by atoms with van der Waals surface area (Å²) in [5.41, 5.74) is 1.29. The van der Waals surface area contributed by atoms with E-state index in [1.807, 2.05) is 30.3 Å². The molecule has 0 N–H and O–H groups in total. The third-order valence-electron chi connectivity index (χ3n) is 6.06. The summed E-state index contributed by atoms with van der Waals surface area (Å²) in [6.07, 6.45) is -1.57. The van der Waals surface area contributed by atoms with Gasteiger partial charge in [0.15, 0.2) is 0 Å². The molecule has 0 amide bonds. The zero-order chi connectivity index (χ0) is 21.2. The summed E-state index contributed by atoms with van der Waals surface area (Å²) in [7, 11) is 0.639. The van der Waals surface area contributed by atoms with Crippen molar-refractivity contribution in [3.8, 4) is 0 Å². The van der Waals surface area contributed by atoms with Gasteiger partial charge in [0, 0.05) is 32.2 Å². The first-order chi connectivity index (χ1) is 14.4. The molecule has 0 bridgehead atoms. The Morgan fingerprint density at radius 1 is 1.07 bits per heavy atom. The van der Waals surface area contributed by atoms with Crippen molar-refractivity contribution < 1.29 is 26.8 Å². The second-order valence-corrected chi connectivity index (χ2v) is 9.26. The van der Waals surface area contributed by atoms with E-state index < -0.39 is 17.4 Å². The van der Waals surface area contributed by atoms with Crippen molar-refractivity contribution in [2.45, 2.75) is 55.8 Å². The Hall–Kier alpha value is -0.810. The summed E-state index contributed by atoms with van der Waals surface area (Å²) >= 11 is 1.70. The molecule has 2 aromatic carbocycles. The first-order valence-corrected chi connectivity index (χ1v) is 13.1. The topological polar surface area (TPSA) is 27.7 Å². The smallest absolute Gasteiger partial charge is 0.374 e. The Kier molecular flexibility index (Phi) is 6.70. The minimum absolute atomic E-state index is 0.0335. The zero-order valence-electron chi connectivity index (χ0n) is 16.2. The molecule has 4 rings (SSSR count). The quantitative estimate of drug-likeness (QED) is 0.301. The van der Waals surface area contributed by atoms with Gasteiger partial charge in [0.05, 0.1) is 28.5 Å². The molecule has 3 nitrogen and oxygen atoms in total. The van der Waals surface area contributed by atoms with E-state index in [2.05, 4.69) is 0 Å². The fourth-order valence-corrected chi connectivity index (χ4v) is 5.72. The molecule has 1 fully saturated rings. The van der Waals surface area contributed by atoms with E-state index in [1.54, 1.807) is 39.4 Å². The normalized spacial score (nSPS) is 29.0. The Morgan fingerprint density at radius 3 is 2.47 bits per heavy atom. The SMILES string of the molecule is FC(F)(F)C1(OSI)OCC2(CCCC(OCc3ccccc3)C2)c2ccccc21. The Labute approximate surface area is 190 Å². The Morgan fingerprint density at radius 2 is 1.77 bits per heavy atom. The van der Waals surface area contributed by atoms with Crippen LogP contribution in [0.25, 0.3) is 0 Å². The number of ether oxygens (including phenoxy) is 2. The van der Waals surface area contributed by atoms with Crippen molar-refractivity contribution in [2.75, 3.05) is 6.61 Å². The summed E-state index contributed by atoms with van der Waals surface area (Å²) < 4.78 is 59.2. The van der Waals surface area contributed by atoms with E-state index >= 15 is 0 Å². The summed E-state index contributed by atoms with van der Waals surface area (Å²) in [4.78, 5) is 0. The van der Waals surface area contributed by atoms with Crippen molar-refractivity contribution in [3.63, 3.8) is 0 Å². The molecule has 162 valence electrons. The van der Waals surface area contributed by atoms with Crippen molar-refractivity contribution >= 4 is 30.4 Å². The van der Waals surface area contributed by atoms with Gasteiger partial charge in [-0.2, -0.15) is 13.2 Å². The molecule has 0 radical (unpaired) electrons. The highest BCUT2D eigenvalue weighted by molar-refractivity contribution is 14.2. The van der Waals surface area contributed by atoms with Gasteiger partial charge in [-0.15, -0.1) is 0 Å². The molecule has 2 aliphatic rings. The number of rotatable bonds is 5. The number of fused-ring (bicyclic) bond motifs is 2. The van der Waals surface area contributed by atoms with Gasteiger partial charge in [-0.3, -0.25) is 4.18 Å². The molecular formula is C22H22F3IO3S. The third kappa shape index (κ3) is 4.13. The van der Waals surface area contributed by atoms with Crippen LogP contribution in [0.1, 0.15) is 42.4 Å². The lowest BCUT2D eigenvalue weighted by atomic mass is 9.65. The maximum Gasteiger partial charge on any atom is 0.449 e. The summed E-state index contributed by atoms with van der Waals surface area (Å²) in [6, 6.07) is 16.6. The van der Waals surface area contributed by atoms with Crippen LogP contribution in [0, 0.1) is 0 Å². The van der Waals surface area contributed by atoms with E-state index in [9.17, 15) is 13.2 Å². The summed E-state index contributed by atoms with van der Waals surface area (Å²) in [6.45, 7) is 0.442. The fourth-order valence-electron chi connectivity index (χ4n) is 4.64. The van der Waals surface area contributed by atoms with Gasteiger partial charge in [0.25, 0.3) is 0 Å². The molecule has 1 spiro atoms. The number of benzene rings is 2. The maximum atomic E-state index is 14.1. The van der Waals surface area contributed by atoms with E-state index in [0.29, 0.717) is 27.8 Å². The predicted molar refractivity (Wildman–Crippen MR) is 118 cm³/mol. The Balaban J connectivity index is 1.62. The van der Waals surface area contributed by atoms with Crippen molar-refractivity contribution in [2.24, 2.45) is 0 Å². The second-order valence-electron chi connectivity index (χ2n) is 7.89. The number of halogens is 4. The lowest BCUT2D eigenvalue weighted by Gasteiger charge is -2.49. The van der Waals surface area contributed by atoms with Crippen molar-refractivity contribution in [1.82, 2.24) is 0 Å². The molecule has 0 saturated heterocycles. The number of hydrogen-bond donors (Lipinski definition) is 0. The number of alkyl halides is 3. The first-order valence-electron chi connectivity index (χ1n) is 9.83. The van der Waals surface area contributed by atoms with Gasteiger partial charge >= 0.3 is 12.0 Å². The van der Waals surface area contributed by atoms with E-state index in [0.717, 1.165) is 24.8 Å². The lowest BCUT2D eigenvalue weighted by Crippen LogP contribution is -2.55. The average molecular weight is 550 g/mol. The molecule has 3 unspecified atom stereocenters. The lowest BCUT2D eigenvalue weighted by molar-refractivity contribution is -0.367. The van der Waals surface area contributed by atoms with Crippen LogP contribution in [0.3, 0.4) is 0 Å². The monoisotopic (exact) mass is 550 g/mol. The fraction of sp³-hybridized carbons (Fsp3) is 0.455. The van der Waals surface area contributed by atoms with Gasteiger partial charge in [-0.1, -0.05) is 54.6 Å². The highest BCUT2D eigenvalue weighted by Crippen LogP contribution is 2.56. The van der Waals surface area contributed by atoms with Crippen LogP contribution >= 0.6 is 30.4 Å². The molecule has 1 saturated carbocycles. The third-order valence-corrected chi connectivity index (χ3v) is 6.89. The van der Waals surface area contributed by atoms with Crippen LogP contribution in [0.2, 0.25) is 0 Å². The average Bonchev–Trinajstić information content (AvgIpc) is 2.75. The minimum atomic E-state index is -4.69. The molecule has 1 aliphatic carbocycles. The van der Waals surface area contributed by atoms with Crippen molar-refractivity contribution in [3.05, 3.63) is 71.3 Å². The first kappa shape index (κ1) is 22.4. The summed E-state index contributed by atoms with van der Waals surface area (Å²) in [5.74, 6) is -2.75. The van der Waals surface area contributed by atoms with Crippen LogP contribution in [-0.4, -0.2) is 18.9 Å². The van der Waals surface area contributed by atoms with E-state index in [4.69, 9.17) is 13.7 Å². The molecule has 3 atom stereocenters. The molecular weight excluding hydrogens is 528 g/mol. The largest absolute Gasteiger partial charge is 0.449 e. The maximum absolute atomic E-state index is 14.1. The highest BCUT2D eigenvalue weighted by atomic mass is 127. The number of hydrogen-bond acceptors (Lipinski definition) is 4. The molecule has 30 heavy (non-hydrogen) atoms. The molecule has 8 heteroatoms. The van der Waals surface area contributed by atoms with Gasteiger partial charge in [-0.25, -0.2) is 0 Å². The van der Waals surface area contributed by atoms with Crippen LogP contribution in [0.5, 0.6) is 0 Å². The van der Waals surface area contributed by atoms with Crippen LogP contribution in [0.4, 0.5) is 13.2 Å². The molecule has 1 aliphatic heterocycles. The minimum Gasteiger partial charge on any atom is -0.374 e. The zero-order valence-corrected chi connectivity index (χ0v) is 19.1. The van der Waals surface area contributed by atoms with Gasteiger partial charge in [0.1, 0.15) is 0 Å². The van der Waals surface area contributed by atoms with Gasteiger partial charge in [-0.05, 0) is 36.8 Å². The van der Waals surface area contributed by atoms with Gasteiger partial charge in [0.2, 0.25) is 0 Å². The Bertz CT molecular complexity index is 866. The van der Waals surface area contributed by atoms with Crippen molar-refractivity contribution in [1.29, 1.82) is 0 Å². The van der Waals surface area contributed by atoms with Gasteiger partial charge < -0.3 is 9.47 Å². The molecule has 2 aromatic rings. The van der Waals surface area contributed by atoms with Crippen LogP contribution in [-0.2, 0) is 31.5 Å². The summed E-state index contributed by atoms with van der Waals surface area (Å²) in [5, 5.41) is 0. The highest BCUT2D eigenvalue weighted by Gasteiger charge is 2.64. The predicted octanol–water partition coefficient (Wildman–Crippen LogP) is 6.84. The standard InChI is InChI=1S/C22H22F3IO3S/c23-22(24,25)21(29-30-26)19-11-5-4-10-18(19)20(15-28-21)12-6-9-17(13-20)27-14-16-7-2-1-3-8-16/h1-5,7-8,10-11,17H,6,9,12-15H2. The van der Waals surface area contributed by atoms with Crippen LogP contribution in [0.15, 0.2) is 54.6 Å². The van der Waals surface area contributed by atoms with E-state index in [-0.39, 0.29) is 18.3 Å².